The van der Waals surface area contributed by atoms with Gasteiger partial charge in [-0.25, -0.2) is 4.79 Å². The van der Waals surface area contributed by atoms with Crippen LogP contribution in [-0.4, -0.2) is 56.5 Å². The summed E-state index contributed by atoms with van der Waals surface area (Å²) in [5.41, 5.74) is 0.481. The molecule has 24 heavy (non-hydrogen) atoms. The molecule has 0 aliphatic carbocycles. The number of para-hydroxylation sites is 1. The van der Waals surface area contributed by atoms with Crippen LogP contribution < -0.4 is 10.6 Å². The summed E-state index contributed by atoms with van der Waals surface area (Å²) < 4.78 is 5.15. The van der Waals surface area contributed by atoms with Crippen molar-refractivity contribution in [3.63, 3.8) is 0 Å². The van der Waals surface area contributed by atoms with Gasteiger partial charge in [-0.3, -0.25) is 9.59 Å². The first kappa shape index (κ1) is 19.6. The molecule has 1 rings (SSSR count). The van der Waals surface area contributed by atoms with Gasteiger partial charge in [0.1, 0.15) is 0 Å². The van der Waals surface area contributed by atoms with Crippen molar-refractivity contribution in [1.82, 2.24) is 10.2 Å². The van der Waals surface area contributed by atoms with E-state index in [1.807, 2.05) is 25.9 Å². The maximum absolute atomic E-state index is 12.1. The molecule has 0 fully saturated rings. The van der Waals surface area contributed by atoms with Gasteiger partial charge in [0.15, 0.2) is 0 Å². The summed E-state index contributed by atoms with van der Waals surface area (Å²) in [6.45, 7) is 3.30. The smallest absolute Gasteiger partial charge is 0.340 e. The fourth-order valence-electron chi connectivity index (χ4n) is 1.81. The average molecular weight is 335 g/mol. The Bertz CT molecular complexity index is 573. The van der Waals surface area contributed by atoms with E-state index in [2.05, 4.69) is 10.6 Å². The molecule has 0 aliphatic rings. The number of unbranched alkanes of at least 4 members (excludes halogenated alkanes) is 1. The third kappa shape index (κ3) is 6.78. The fourth-order valence-corrected chi connectivity index (χ4v) is 1.81. The average Bonchev–Trinajstić information content (AvgIpc) is 2.55. The number of ether oxygens (including phenoxy) is 1. The number of nitrogens with one attached hydrogen (secondary N) is 2. The first-order chi connectivity index (χ1) is 11.5. The molecule has 7 heteroatoms. The molecule has 7 nitrogen and oxygen atoms in total. The monoisotopic (exact) mass is 335 g/mol. The van der Waals surface area contributed by atoms with Gasteiger partial charge in [-0.05, 0) is 32.6 Å². The normalized spacial score (nSPS) is 10.3. The molecular weight excluding hydrogens is 310 g/mol. The summed E-state index contributed by atoms with van der Waals surface area (Å²) in [6, 6.07) is 6.45. The van der Waals surface area contributed by atoms with Crippen LogP contribution in [0.1, 0.15) is 30.1 Å². The summed E-state index contributed by atoms with van der Waals surface area (Å²) in [5, 5.41) is 4.97. The molecule has 0 aromatic heterocycles. The van der Waals surface area contributed by atoms with Gasteiger partial charge < -0.3 is 20.3 Å². The highest BCUT2D eigenvalue weighted by molar-refractivity contribution is 6.40. The van der Waals surface area contributed by atoms with Crippen LogP contribution in [0.15, 0.2) is 24.3 Å². The van der Waals surface area contributed by atoms with Crippen LogP contribution in [0.3, 0.4) is 0 Å². The minimum Gasteiger partial charge on any atom is -0.462 e. The van der Waals surface area contributed by atoms with E-state index in [4.69, 9.17) is 4.74 Å². The lowest BCUT2D eigenvalue weighted by molar-refractivity contribution is -0.136. The van der Waals surface area contributed by atoms with Crippen molar-refractivity contribution >= 4 is 23.5 Å². The van der Waals surface area contributed by atoms with Gasteiger partial charge in [-0.15, -0.1) is 0 Å². The number of carbonyl (C=O) groups excluding carboxylic acids is 3. The van der Waals surface area contributed by atoms with Crippen molar-refractivity contribution in [2.24, 2.45) is 0 Å². The van der Waals surface area contributed by atoms with Gasteiger partial charge in [0.25, 0.3) is 0 Å². The second-order valence-electron chi connectivity index (χ2n) is 5.55. The second-order valence-corrected chi connectivity index (χ2v) is 5.55. The third-order valence-electron chi connectivity index (χ3n) is 3.18. The van der Waals surface area contributed by atoms with E-state index in [0.29, 0.717) is 19.7 Å². The Hall–Kier alpha value is -2.41. The fraction of sp³-hybridized carbons (Fsp3) is 0.471. The Morgan fingerprint density at radius 1 is 1.12 bits per heavy atom. The van der Waals surface area contributed by atoms with E-state index in [1.165, 1.54) is 0 Å². The largest absolute Gasteiger partial charge is 0.462 e. The lowest BCUT2D eigenvalue weighted by Gasteiger charge is -2.12. The van der Waals surface area contributed by atoms with E-state index < -0.39 is 17.8 Å². The zero-order valence-electron chi connectivity index (χ0n) is 14.4. The molecule has 0 atom stereocenters. The summed E-state index contributed by atoms with van der Waals surface area (Å²) in [5.74, 6) is -2.08. The molecule has 0 spiro atoms. The predicted octanol–water partition coefficient (Wildman–Crippen LogP) is 1.26. The number of hydrogen-bond acceptors (Lipinski definition) is 5. The number of hydrogen-bond donors (Lipinski definition) is 2. The minimum absolute atomic E-state index is 0.225. The molecule has 0 saturated heterocycles. The van der Waals surface area contributed by atoms with Crippen LogP contribution in [-0.2, 0) is 14.3 Å². The first-order valence-electron chi connectivity index (χ1n) is 7.95. The van der Waals surface area contributed by atoms with Crippen LogP contribution in [0.5, 0.6) is 0 Å². The Kier molecular flexibility index (Phi) is 8.49. The molecule has 132 valence electrons. The van der Waals surface area contributed by atoms with Crippen LogP contribution in [0.4, 0.5) is 5.69 Å². The van der Waals surface area contributed by atoms with Crippen molar-refractivity contribution in [3.8, 4) is 0 Å². The lowest BCUT2D eigenvalue weighted by atomic mass is 10.2. The van der Waals surface area contributed by atoms with Gasteiger partial charge in [0.05, 0.1) is 17.9 Å². The standard InChI is InChI=1S/C17H25N3O4/c1-4-5-12-24-17(23)13-8-6-7-9-14(13)19-16(22)15(21)18-10-11-20(2)3/h6-9H,4-5,10-12H2,1-3H3,(H,18,21)(H,19,22). The number of esters is 1. The Balaban J connectivity index is 2.65. The summed E-state index contributed by atoms with van der Waals surface area (Å²) >= 11 is 0. The van der Waals surface area contributed by atoms with E-state index in [1.54, 1.807) is 24.3 Å². The molecular formula is C17H25N3O4. The number of amides is 2. The quantitative estimate of drug-likeness (QED) is 0.424. The van der Waals surface area contributed by atoms with E-state index >= 15 is 0 Å². The SMILES string of the molecule is CCCCOC(=O)c1ccccc1NC(=O)C(=O)NCCN(C)C. The Labute approximate surface area is 142 Å². The van der Waals surface area contributed by atoms with Gasteiger partial charge in [0, 0.05) is 13.1 Å². The van der Waals surface area contributed by atoms with Crippen molar-refractivity contribution in [1.29, 1.82) is 0 Å². The molecule has 2 amide bonds. The summed E-state index contributed by atoms with van der Waals surface area (Å²) in [6.07, 6.45) is 1.69. The zero-order chi connectivity index (χ0) is 17.9. The maximum atomic E-state index is 12.1. The number of rotatable bonds is 8. The molecule has 2 N–H and O–H groups in total. The van der Waals surface area contributed by atoms with Crippen molar-refractivity contribution < 1.29 is 19.1 Å². The van der Waals surface area contributed by atoms with Crippen LogP contribution >= 0.6 is 0 Å². The number of likely N-dealkylation sites (N-methyl/N-ethyl adjacent to an activating group) is 1. The molecule has 1 aromatic rings. The van der Waals surface area contributed by atoms with E-state index in [-0.39, 0.29) is 11.3 Å². The minimum atomic E-state index is -0.817. The summed E-state index contributed by atoms with van der Waals surface area (Å²) in [7, 11) is 3.74. The molecule has 0 heterocycles. The Morgan fingerprint density at radius 3 is 2.50 bits per heavy atom. The number of carbonyl (C=O) groups is 3. The van der Waals surface area contributed by atoms with Gasteiger partial charge in [-0.2, -0.15) is 0 Å². The van der Waals surface area contributed by atoms with Crippen LogP contribution in [0.25, 0.3) is 0 Å². The highest BCUT2D eigenvalue weighted by Crippen LogP contribution is 2.16. The van der Waals surface area contributed by atoms with Crippen molar-refractivity contribution in [2.75, 3.05) is 39.1 Å². The van der Waals surface area contributed by atoms with Crippen molar-refractivity contribution in [2.45, 2.75) is 19.8 Å². The molecule has 1 aromatic carbocycles. The van der Waals surface area contributed by atoms with E-state index in [9.17, 15) is 14.4 Å². The summed E-state index contributed by atoms with van der Waals surface area (Å²) in [4.78, 5) is 37.6. The molecule has 0 radical (unpaired) electrons. The maximum Gasteiger partial charge on any atom is 0.340 e. The highest BCUT2D eigenvalue weighted by Gasteiger charge is 2.18. The van der Waals surface area contributed by atoms with Gasteiger partial charge >= 0.3 is 17.8 Å². The molecule has 0 bridgehead atoms. The first-order valence-corrected chi connectivity index (χ1v) is 7.95. The molecule has 0 saturated carbocycles. The van der Waals surface area contributed by atoms with E-state index in [0.717, 1.165) is 12.8 Å². The third-order valence-corrected chi connectivity index (χ3v) is 3.18. The molecule has 0 aliphatic heterocycles. The predicted molar refractivity (Wildman–Crippen MR) is 91.8 cm³/mol. The highest BCUT2D eigenvalue weighted by atomic mass is 16.5. The number of anilines is 1. The Morgan fingerprint density at radius 2 is 1.83 bits per heavy atom. The number of benzene rings is 1. The van der Waals surface area contributed by atoms with Gasteiger partial charge in [0.2, 0.25) is 0 Å². The zero-order valence-corrected chi connectivity index (χ0v) is 14.4. The van der Waals surface area contributed by atoms with Crippen molar-refractivity contribution in [3.05, 3.63) is 29.8 Å². The number of nitrogens with zero attached hydrogens (tertiary/aromatic N) is 1. The van der Waals surface area contributed by atoms with Crippen LogP contribution in [0, 0.1) is 0 Å². The molecule has 0 unspecified atom stereocenters. The topological polar surface area (TPSA) is 87.7 Å². The lowest BCUT2D eigenvalue weighted by Crippen LogP contribution is -2.39. The second kappa shape index (κ2) is 10.4. The van der Waals surface area contributed by atoms with Crippen LogP contribution in [0.2, 0.25) is 0 Å². The van der Waals surface area contributed by atoms with Gasteiger partial charge in [-0.1, -0.05) is 25.5 Å².